The third-order valence-corrected chi connectivity index (χ3v) is 3.84. The Morgan fingerprint density at radius 1 is 1.05 bits per heavy atom. The van der Waals surface area contributed by atoms with Gasteiger partial charge >= 0.3 is 0 Å². The summed E-state index contributed by atoms with van der Waals surface area (Å²) >= 11 is 0. The molecule has 2 aromatic rings. The second kappa shape index (κ2) is 6.14. The summed E-state index contributed by atoms with van der Waals surface area (Å²) in [4.78, 5) is 0. The molecule has 0 aliphatic heterocycles. The lowest BCUT2D eigenvalue weighted by molar-refractivity contribution is 0.590. The monoisotopic (exact) mass is 278 g/mol. The second-order valence-electron chi connectivity index (χ2n) is 4.54. The zero-order valence-electron chi connectivity index (χ0n) is 10.7. The number of hydrogen-bond donors (Lipinski definition) is 2. The molecule has 0 atom stereocenters. The van der Waals surface area contributed by atoms with Crippen LogP contribution in [0.5, 0.6) is 0 Å². The first-order chi connectivity index (χ1) is 9.06. The summed E-state index contributed by atoms with van der Waals surface area (Å²) < 4.78 is 21.6. The zero-order chi connectivity index (χ0) is 13.7. The molecular weight excluding hydrogens is 260 g/mol. The fourth-order valence-electron chi connectivity index (χ4n) is 2.07. The average molecular weight is 278 g/mol. The summed E-state index contributed by atoms with van der Waals surface area (Å²) in [5.74, 6) is 0.0234. The van der Waals surface area contributed by atoms with Crippen molar-refractivity contribution < 1.29 is 8.42 Å². The molecule has 5 heteroatoms. The van der Waals surface area contributed by atoms with Crippen LogP contribution >= 0.6 is 0 Å². The molecule has 3 N–H and O–H groups in total. The fourth-order valence-corrected chi connectivity index (χ4v) is 2.61. The molecule has 0 saturated heterocycles. The molecule has 0 aliphatic rings. The van der Waals surface area contributed by atoms with E-state index in [1.165, 1.54) is 16.3 Å². The first-order valence-corrected chi connectivity index (χ1v) is 7.96. The Kier molecular flexibility index (Phi) is 4.52. The van der Waals surface area contributed by atoms with Crippen LogP contribution in [0.1, 0.15) is 12.0 Å². The van der Waals surface area contributed by atoms with Crippen LogP contribution in [0.25, 0.3) is 10.8 Å². The van der Waals surface area contributed by atoms with Gasteiger partial charge in [-0.25, -0.2) is 13.6 Å². The second-order valence-corrected chi connectivity index (χ2v) is 6.27. The first-order valence-electron chi connectivity index (χ1n) is 6.24. The van der Waals surface area contributed by atoms with Crippen LogP contribution in [0, 0.1) is 0 Å². The van der Waals surface area contributed by atoms with E-state index in [0.29, 0.717) is 13.0 Å². The molecule has 0 spiro atoms. The first kappa shape index (κ1) is 14.0. The van der Waals surface area contributed by atoms with Gasteiger partial charge < -0.3 is 5.32 Å². The van der Waals surface area contributed by atoms with E-state index in [0.717, 1.165) is 6.54 Å². The topological polar surface area (TPSA) is 72.2 Å². The number of primary sulfonamides is 1. The Morgan fingerprint density at radius 2 is 1.79 bits per heavy atom. The lowest BCUT2D eigenvalue weighted by Crippen LogP contribution is -2.22. The summed E-state index contributed by atoms with van der Waals surface area (Å²) in [6, 6.07) is 14.4. The molecule has 0 unspecified atom stereocenters. The highest BCUT2D eigenvalue weighted by Gasteiger charge is 2.02. The quantitative estimate of drug-likeness (QED) is 0.788. The third-order valence-electron chi connectivity index (χ3n) is 2.98. The van der Waals surface area contributed by atoms with Crippen molar-refractivity contribution in [2.75, 3.05) is 12.3 Å². The van der Waals surface area contributed by atoms with Crippen molar-refractivity contribution in [3.63, 3.8) is 0 Å². The van der Waals surface area contributed by atoms with Gasteiger partial charge in [0, 0.05) is 6.54 Å². The molecule has 0 amide bonds. The third kappa shape index (κ3) is 4.31. The molecule has 0 bridgehead atoms. The van der Waals surface area contributed by atoms with Gasteiger partial charge in [0.05, 0.1) is 5.75 Å². The maximum atomic E-state index is 10.8. The fraction of sp³-hybridized carbons (Fsp3) is 0.286. The number of fused-ring (bicyclic) bond motifs is 1. The Labute approximate surface area is 113 Å². The van der Waals surface area contributed by atoms with Gasteiger partial charge in [0.15, 0.2) is 0 Å². The van der Waals surface area contributed by atoms with Gasteiger partial charge in [-0.1, -0.05) is 42.5 Å². The number of nitrogens with one attached hydrogen (secondary N) is 1. The number of sulfonamides is 1. The van der Waals surface area contributed by atoms with Crippen LogP contribution in [0.4, 0.5) is 0 Å². The van der Waals surface area contributed by atoms with E-state index in [-0.39, 0.29) is 5.75 Å². The highest BCUT2D eigenvalue weighted by molar-refractivity contribution is 7.89. The number of benzene rings is 2. The van der Waals surface area contributed by atoms with Crippen LogP contribution in [-0.2, 0) is 16.6 Å². The number of nitrogens with two attached hydrogens (primary N) is 1. The molecule has 19 heavy (non-hydrogen) atoms. The van der Waals surface area contributed by atoms with E-state index in [1.54, 1.807) is 0 Å². The van der Waals surface area contributed by atoms with Gasteiger partial charge in [-0.05, 0) is 29.3 Å². The Hall–Kier alpha value is -1.43. The van der Waals surface area contributed by atoms with Crippen molar-refractivity contribution in [1.82, 2.24) is 5.32 Å². The normalized spacial score (nSPS) is 11.8. The van der Waals surface area contributed by atoms with Crippen LogP contribution in [0.3, 0.4) is 0 Å². The van der Waals surface area contributed by atoms with Crippen molar-refractivity contribution in [1.29, 1.82) is 0 Å². The van der Waals surface area contributed by atoms with Crippen molar-refractivity contribution in [2.45, 2.75) is 13.0 Å². The molecule has 2 rings (SSSR count). The summed E-state index contributed by atoms with van der Waals surface area (Å²) in [7, 11) is -3.34. The Bertz CT molecular complexity index is 648. The summed E-state index contributed by atoms with van der Waals surface area (Å²) in [6.45, 7) is 1.37. The summed E-state index contributed by atoms with van der Waals surface area (Å²) in [5.41, 5.74) is 1.22. The molecule has 0 aromatic heterocycles. The Morgan fingerprint density at radius 3 is 2.58 bits per heavy atom. The lowest BCUT2D eigenvalue weighted by Gasteiger charge is -2.08. The summed E-state index contributed by atoms with van der Waals surface area (Å²) in [5, 5.41) is 10.6. The minimum Gasteiger partial charge on any atom is -0.313 e. The largest absolute Gasteiger partial charge is 0.313 e. The molecule has 0 saturated carbocycles. The van der Waals surface area contributed by atoms with Crippen LogP contribution < -0.4 is 10.5 Å². The minimum absolute atomic E-state index is 0.0234. The predicted octanol–water partition coefficient (Wildman–Crippen LogP) is 1.61. The van der Waals surface area contributed by atoms with Crippen molar-refractivity contribution >= 4 is 20.8 Å². The Balaban J connectivity index is 1.92. The van der Waals surface area contributed by atoms with Crippen molar-refractivity contribution in [3.05, 3.63) is 48.0 Å². The predicted molar refractivity (Wildman–Crippen MR) is 78.2 cm³/mol. The molecule has 0 fully saturated rings. The van der Waals surface area contributed by atoms with Crippen LogP contribution in [0.15, 0.2) is 42.5 Å². The van der Waals surface area contributed by atoms with E-state index in [2.05, 4.69) is 29.6 Å². The van der Waals surface area contributed by atoms with Gasteiger partial charge in [0.2, 0.25) is 10.0 Å². The van der Waals surface area contributed by atoms with Gasteiger partial charge in [-0.15, -0.1) is 0 Å². The van der Waals surface area contributed by atoms with E-state index >= 15 is 0 Å². The van der Waals surface area contributed by atoms with Gasteiger partial charge in [0.1, 0.15) is 0 Å². The highest BCUT2D eigenvalue weighted by Crippen LogP contribution is 2.18. The van der Waals surface area contributed by atoms with Crippen molar-refractivity contribution in [2.24, 2.45) is 5.14 Å². The maximum Gasteiger partial charge on any atom is 0.209 e. The molecule has 0 aliphatic carbocycles. The molecule has 0 radical (unpaired) electrons. The zero-order valence-corrected chi connectivity index (χ0v) is 11.5. The molecule has 4 nitrogen and oxygen atoms in total. The summed E-state index contributed by atoms with van der Waals surface area (Å²) in [6.07, 6.45) is 0.531. The van der Waals surface area contributed by atoms with E-state index < -0.39 is 10.0 Å². The molecular formula is C14H18N2O2S. The average Bonchev–Trinajstić information content (AvgIpc) is 2.37. The molecule has 0 heterocycles. The van der Waals surface area contributed by atoms with Gasteiger partial charge in [-0.3, -0.25) is 0 Å². The number of rotatable bonds is 6. The highest BCUT2D eigenvalue weighted by atomic mass is 32.2. The minimum atomic E-state index is -3.34. The van der Waals surface area contributed by atoms with Crippen LogP contribution in [0.2, 0.25) is 0 Å². The van der Waals surface area contributed by atoms with Crippen LogP contribution in [-0.4, -0.2) is 20.7 Å². The van der Waals surface area contributed by atoms with Gasteiger partial charge in [-0.2, -0.15) is 0 Å². The smallest absolute Gasteiger partial charge is 0.209 e. The van der Waals surface area contributed by atoms with Crippen molar-refractivity contribution in [3.8, 4) is 0 Å². The number of hydrogen-bond acceptors (Lipinski definition) is 3. The SMILES string of the molecule is NS(=O)(=O)CCCNCc1cccc2ccccc12. The van der Waals surface area contributed by atoms with Gasteiger partial charge in [0.25, 0.3) is 0 Å². The lowest BCUT2D eigenvalue weighted by atomic mass is 10.0. The van der Waals surface area contributed by atoms with E-state index in [9.17, 15) is 8.42 Å². The maximum absolute atomic E-state index is 10.8. The molecule has 2 aromatic carbocycles. The van der Waals surface area contributed by atoms with E-state index in [1.807, 2.05) is 18.2 Å². The standard InChI is InChI=1S/C14H18N2O2S/c15-19(17,18)10-4-9-16-11-13-7-3-6-12-5-1-2-8-14(12)13/h1-3,5-8,16H,4,9-11H2,(H2,15,17,18). The van der Waals surface area contributed by atoms with E-state index in [4.69, 9.17) is 5.14 Å². The molecule has 102 valence electrons.